The lowest BCUT2D eigenvalue weighted by Crippen LogP contribution is -2.40. The molecule has 0 fully saturated rings. The number of carbonyl (C=O) groups is 1. The normalized spacial score (nSPS) is 14.3. The van der Waals surface area contributed by atoms with Crippen LogP contribution in [0.2, 0.25) is 0 Å². The fourth-order valence-corrected chi connectivity index (χ4v) is 3.35. The number of nitrogens with one attached hydrogen (secondary N) is 1. The Bertz CT molecular complexity index is 470. The summed E-state index contributed by atoms with van der Waals surface area (Å²) in [7, 11) is -4.85. The summed E-state index contributed by atoms with van der Waals surface area (Å²) in [6.45, 7) is 1.30. The first-order valence-electron chi connectivity index (χ1n) is 11.1. The molecule has 180 valence electrons. The van der Waals surface area contributed by atoms with E-state index < -0.39 is 27.1 Å². The van der Waals surface area contributed by atoms with Gasteiger partial charge in [-0.1, -0.05) is 70.4 Å². The average molecular weight is 453 g/mol. The van der Waals surface area contributed by atoms with E-state index in [1.54, 1.807) is 0 Å². The van der Waals surface area contributed by atoms with E-state index >= 15 is 0 Å². The maximum atomic E-state index is 11.8. The third-order valence-corrected chi connectivity index (χ3v) is 5.17. The van der Waals surface area contributed by atoms with Crippen LogP contribution in [-0.2, 0) is 13.9 Å². The van der Waals surface area contributed by atoms with E-state index in [1.165, 1.54) is 51.4 Å². The Kier molecular flexibility index (Phi) is 22.5. The fraction of sp³-hybridized carbons (Fsp3) is 0.857. The van der Waals surface area contributed by atoms with Gasteiger partial charge in [-0.05, 0) is 32.1 Å². The number of aliphatic hydroxyl groups excluding tert-OH is 1. The van der Waals surface area contributed by atoms with Gasteiger partial charge in [0.25, 0.3) is 7.82 Å². The highest BCUT2D eigenvalue weighted by Crippen LogP contribution is 2.30. The highest BCUT2D eigenvalue weighted by Gasteiger charge is 2.14. The van der Waals surface area contributed by atoms with Crippen LogP contribution in [0.3, 0.4) is 0 Å². The van der Waals surface area contributed by atoms with Crippen LogP contribution < -0.4 is 16.4 Å². The standard InChI is InChI=1S/C21H42NO6P.H3N/c1-2-3-4-5-6-7-8-9-10-11-12-13-14-15-16-17-21(24)22-20(18-23)19-28-29(25,26)27;/h9-10,20,23H,2-8,11-19H2,1H3,(H,22,24)(H2,25,26,27);1H3/b10-9-;/t20-;/m1./s1. The van der Waals surface area contributed by atoms with Crippen molar-refractivity contribution in [2.75, 3.05) is 13.2 Å². The van der Waals surface area contributed by atoms with Gasteiger partial charge in [0, 0.05) is 6.42 Å². The number of allylic oxidation sites excluding steroid dienone is 2. The van der Waals surface area contributed by atoms with Crippen molar-refractivity contribution >= 4 is 13.7 Å². The summed E-state index contributed by atoms with van der Waals surface area (Å²) in [4.78, 5) is 30.8. The molecule has 1 amide bonds. The molecule has 1 unspecified atom stereocenters. The van der Waals surface area contributed by atoms with Crippen molar-refractivity contribution in [2.24, 2.45) is 0 Å². The minimum atomic E-state index is -4.85. The topological polar surface area (TPSA) is 155 Å². The van der Waals surface area contributed by atoms with Crippen molar-refractivity contribution in [2.45, 2.75) is 103 Å². The smallest absolute Gasteiger partial charge is 0.265 e. The van der Waals surface area contributed by atoms with Crippen molar-refractivity contribution in [3.05, 3.63) is 12.2 Å². The van der Waals surface area contributed by atoms with E-state index in [-0.39, 0.29) is 12.1 Å². The van der Waals surface area contributed by atoms with E-state index in [4.69, 9.17) is 10.00 Å². The quantitative estimate of drug-likeness (QED) is 0.122. The number of phosphoric ester groups is 1. The van der Waals surface area contributed by atoms with Crippen molar-refractivity contribution in [1.82, 2.24) is 11.5 Å². The molecule has 0 aliphatic carbocycles. The zero-order chi connectivity index (χ0) is 21.8. The van der Waals surface area contributed by atoms with E-state index in [0.717, 1.165) is 32.1 Å². The second-order valence-corrected chi connectivity index (χ2v) is 8.74. The molecule has 9 heteroatoms. The fourth-order valence-electron chi connectivity index (χ4n) is 2.98. The second kappa shape index (κ2) is 21.5. The molecule has 0 aromatic rings. The highest BCUT2D eigenvalue weighted by molar-refractivity contribution is 7.44. The van der Waals surface area contributed by atoms with Gasteiger partial charge in [0.05, 0.1) is 19.3 Å². The van der Waals surface area contributed by atoms with Gasteiger partial charge in [-0.2, -0.15) is 0 Å². The van der Waals surface area contributed by atoms with E-state index in [0.29, 0.717) is 6.42 Å². The number of phosphoric acid groups is 1. The first-order valence-corrected chi connectivity index (χ1v) is 12.6. The molecule has 0 saturated carbocycles. The van der Waals surface area contributed by atoms with Crippen molar-refractivity contribution in [3.63, 3.8) is 0 Å². The molecule has 7 N–H and O–H groups in total. The number of amides is 1. The molecule has 0 aliphatic heterocycles. The first-order chi connectivity index (χ1) is 13.9. The Morgan fingerprint density at radius 1 is 1.00 bits per heavy atom. The molecule has 0 spiro atoms. The van der Waals surface area contributed by atoms with Gasteiger partial charge in [-0.25, -0.2) is 0 Å². The molecular formula is C21H45N2O6P. The van der Waals surface area contributed by atoms with Gasteiger partial charge in [0.2, 0.25) is 5.91 Å². The number of aliphatic hydroxyl groups is 1. The van der Waals surface area contributed by atoms with Crippen LogP contribution in [0.1, 0.15) is 96.8 Å². The number of rotatable bonds is 20. The maximum Gasteiger partial charge on any atom is 0.265 e. The van der Waals surface area contributed by atoms with Crippen molar-refractivity contribution in [3.8, 4) is 0 Å². The molecule has 8 nitrogen and oxygen atoms in total. The van der Waals surface area contributed by atoms with Crippen LogP contribution in [0.25, 0.3) is 0 Å². The molecule has 0 heterocycles. The Morgan fingerprint density at radius 3 is 2.00 bits per heavy atom. The van der Waals surface area contributed by atoms with Crippen LogP contribution in [0.4, 0.5) is 0 Å². The number of quaternary nitrogens is 1. The minimum Gasteiger partial charge on any atom is -0.756 e. The monoisotopic (exact) mass is 452 g/mol. The van der Waals surface area contributed by atoms with Gasteiger partial charge >= 0.3 is 0 Å². The lowest BCUT2D eigenvalue weighted by atomic mass is 10.1. The summed E-state index contributed by atoms with van der Waals surface area (Å²) < 4.78 is 14.7. The maximum absolute atomic E-state index is 11.8. The number of carbonyl (C=O) groups excluding carboxylic acids is 1. The van der Waals surface area contributed by atoms with Crippen molar-refractivity contribution in [1.29, 1.82) is 0 Å². The zero-order valence-corrected chi connectivity index (χ0v) is 19.9. The molecule has 30 heavy (non-hydrogen) atoms. The van der Waals surface area contributed by atoms with Crippen LogP contribution in [0.15, 0.2) is 12.2 Å². The molecule has 0 aliphatic rings. The van der Waals surface area contributed by atoms with Crippen LogP contribution in [0.5, 0.6) is 0 Å². The SMILES string of the molecule is CCCCCCCC/C=C\CCCCCCCC(=O)N[C@H](CO)COP(=O)([O-])O.[NH4+]. The first kappa shape index (κ1) is 31.4. The number of hydrogen-bond acceptors (Lipinski definition) is 5. The molecule has 2 atom stereocenters. The Hall–Kier alpha value is -0.760. The zero-order valence-electron chi connectivity index (χ0n) is 19.0. The summed E-state index contributed by atoms with van der Waals surface area (Å²) in [6.07, 6.45) is 20.3. The number of unbranched alkanes of at least 4 members (excludes halogenated alkanes) is 11. The molecule has 0 aromatic heterocycles. The minimum absolute atomic E-state index is 0. The van der Waals surface area contributed by atoms with Gasteiger partial charge in [0.15, 0.2) is 0 Å². The summed E-state index contributed by atoms with van der Waals surface area (Å²) in [5.74, 6) is -0.260. The van der Waals surface area contributed by atoms with Crippen LogP contribution >= 0.6 is 7.82 Å². The Labute approximate surface area is 182 Å². The Balaban J connectivity index is 0. The Morgan fingerprint density at radius 2 is 1.50 bits per heavy atom. The molecule has 0 rings (SSSR count). The summed E-state index contributed by atoms with van der Waals surface area (Å²) in [6, 6.07) is -0.847. The van der Waals surface area contributed by atoms with Gasteiger partial charge in [-0.3, -0.25) is 9.36 Å². The predicted molar refractivity (Wildman–Crippen MR) is 120 cm³/mol. The highest BCUT2D eigenvalue weighted by atomic mass is 31.2. The predicted octanol–water partition coefficient (Wildman–Crippen LogP) is 4.35. The lowest BCUT2D eigenvalue weighted by molar-refractivity contribution is -0.220. The summed E-state index contributed by atoms with van der Waals surface area (Å²) in [5, 5.41) is 11.6. The summed E-state index contributed by atoms with van der Waals surface area (Å²) >= 11 is 0. The van der Waals surface area contributed by atoms with Crippen LogP contribution in [0, 0.1) is 0 Å². The van der Waals surface area contributed by atoms with E-state index in [9.17, 15) is 14.3 Å². The van der Waals surface area contributed by atoms with Crippen molar-refractivity contribution < 1.29 is 28.8 Å². The van der Waals surface area contributed by atoms with E-state index in [1.807, 2.05) is 0 Å². The molecule has 0 radical (unpaired) electrons. The van der Waals surface area contributed by atoms with Gasteiger partial charge < -0.3 is 30.9 Å². The average Bonchev–Trinajstić information content (AvgIpc) is 2.67. The third kappa shape index (κ3) is 23.5. The van der Waals surface area contributed by atoms with E-state index in [2.05, 4.69) is 28.9 Å². The van der Waals surface area contributed by atoms with Gasteiger partial charge in [-0.15, -0.1) is 0 Å². The molecule has 0 aromatic carbocycles. The third-order valence-electron chi connectivity index (χ3n) is 4.69. The largest absolute Gasteiger partial charge is 0.756 e. The molecule has 0 saturated heterocycles. The van der Waals surface area contributed by atoms with Gasteiger partial charge in [0.1, 0.15) is 0 Å². The van der Waals surface area contributed by atoms with Crippen LogP contribution in [-0.4, -0.2) is 35.2 Å². The second-order valence-electron chi connectivity index (χ2n) is 7.55. The molecule has 0 bridgehead atoms. The lowest BCUT2D eigenvalue weighted by Gasteiger charge is -2.21. The molecular weight excluding hydrogens is 407 g/mol. The summed E-state index contributed by atoms with van der Waals surface area (Å²) in [5.41, 5.74) is 0. The number of hydrogen-bond donors (Lipinski definition) is 4.